The quantitative estimate of drug-likeness (QED) is 0.726. The Morgan fingerprint density at radius 1 is 1.36 bits per heavy atom. The summed E-state index contributed by atoms with van der Waals surface area (Å²) < 4.78 is 40.8. The van der Waals surface area contributed by atoms with Gasteiger partial charge in [-0.2, -0.15) is 0 Å². The lowest BCUT2D eigenvalue weighted by Crippen LogP contribution is -2.37. The summed E-state index contributed by atoms with van der Waals surface area (Å²) in [5, 5.41) is 7.39. The zero-order chi connectivity index (χ0) is 17.4. The molecule has 1 aliphatic rings. The van der Waals surface area contributed by atoms with Gasteiger partial charge in [-0.25, -0.2) is 22.8 Å². The predicted octanol–water partition coefficient (Wildman–Crippen LogP) is 1.25. The van der Waals surface area contributed by atoms with E-state index in [1.165, 1.54) is 6.07 Å². The maximum absolute atomic E-state index is 12.9. The number of aromatic nitrogens is 4. The van der Waals surface area contributed by atoms with Crippen LogP contribution in [0.4, 0.5) is 0 Å². The Morgan fingerprint density at radius 3 is 3.08 bits per heavy atom. The van der Waals surface area contributed by atoms with Crippen molar-refractivity contribution < 1.29 is 17.8 Å². The van der Waals surface area contributed by atoms with Crippen LogP contribution in [0.3, 0.4) is 0 Å². The van der Waals surface area contributed by atoms with Crippen LogP contribution in [0.2, 0.25) is 0 Å². The molecular weight excluding hydrogens is 346 g/mol. The summed E-state index contributed by atoms with van der Waals surface area (Å²) in [6, 6.07) is 4.32. The third kappa shape index (κ3) is 2.81. The Bertz CT molecular complexity index is 996. The Hall–Kier alpha value is -2.30. The van der Waals surface area contributed by atoms with Crippen molar-refractivity contribution in [1.29, 1.82) is 0 Å². The molecule has 0 radical (unpaired) electrons. The Balaban J connectivity index is 1.65. The van der Waals surface area contributed by atoms with Crippen LogP contribution < -0.4 is 4.72 Å². The summed E-state index contributed by atoms with van der Waals surface area (Å²) in [7, 11) is -3.81. The standard InChI is InChI=1S/C15H17N5O4S/c1-2-20-8-7-16-15(20)14-11(6-9-23-14)19-25(21,22)12-5-3-4-10-13(12)18-24-17-10/h3-5,7-8,11,14,19H,2,6,9H2,1H3/t11-,14-/m1/s1. The fourth-order valence-electron chi connectivity index (χ4n) is 3.07. The molecule has 25 heavy (non-hydrogen) atoms. The monoisotopic (exact) mass is 363 g/mol. The maximum Gasteiger partial charge on any atom is 0.243 e. The molecule has 4 rings (SSSR count). The topological polar surface area (TPSA) is 112 Å². The summed E-state index contributed by atoms with van der Waals surface area (Å²) in [5.41, 5.74) is 0.601. The lowest BCUT2D eigenvalue weighted by molar-refractivity contribution is 0.0926. The molecule has 2 atom stereocenters. The van der Waals surface area contributed by atoms with Crippen molar-refractivity contribution in [2.24, 2.45) is 0 Å². The highest BCUT2D eigenvalue weighted by Crippen LogP contribution is 2.30. The van der Waals surface area contributed by atoms with Gasteiger partial charge in [-0.3, -0.25) is 0 Å². The number of rotatable bonds is 5. The van der Waals surface area contributed by atoms with Gasteiger partial charge in [0.2, 0.25) is 10.0 Å². The average Bonchev–Trinajstić information content (AvgIpc) is 3.33. The first-order valence-corrected chi connectivity index (χ1v) is 9.44. The van der Waals surface area contributed by atoms with Crippen molar-refractivity contribution in [2.75, 3.05) is 6.61 Å². The van der Waals surface area contributed by atoms with E-state index >= 15 is 0 Å². The van der Waals surface area contributed by atoms with Gasteiger partial charge in [0.1, 0.15) is 22.3 Å². The molecule has 0 bridgehead atoms. The minimum Gasteiger partial charge on any atom is -0.369 e. The van der Waals surface area contributed by atoms with Gasteiger partial charge < -0.3 is 9.30 Å². The molecule has 0 unspecified atom stereocenters. The second kappa shape index (κ2) is 6.21. The van der Waals surface area contributed by atoms with Crippen molar-refractivity contribution in [3.63, 3.8) is 0 Å². The summed E-state index contributed by atoms with van der Waals surface area (Å²) in [4.78, 5) is 4.37. The van der Waals surface area contributed by atoms with Crippen LogP contribution in [0.25, 0.3) is 11.0 Å². The highest BCUT2D eigenvalue weighted by atomic mass is 32.2. The highest BCUT2D eigenvalue weighted by molar-refractivity contribution is 7.89. The summed E-state index contributed by atoms with van der Waals surface area (Å²) >= 11 is 0. The van der Waals surface area contributed by atoms with Crippen LogP contribution >= 0.6 is 0 Å². The third-order valence-electron chi connectivity index (χ3n) is 4.28. The molecule has 1 fully saturated rings. The molecule has 3 aromatic rings. The van der Waals surface area contributed by atoms with Gasteiger partial charge in [0, 0.05) is 25.5 Å². The largest absolute Gasteiger partial charge is 0.369 e. The fourth-order valence-corrected chi connectivity index (χ4v) is 4.49. The highest BCUT2D eigenvalue weighted by Gasteiger charge is 2.36. The van der Waals surface area contributed by atoms with Crippen LogP contribution in [0.15, 0.2) is 40.1 Å². The molecule has 0 spiro atoms. The molecule has 3 heterocycles. The van der Waals surface area contributed by atoms with Crippen LogP contribution in [-0.2, 0) is 21.3 Å². The number of fused-ring (bicyclic) bond motifs is 1. The molecule has 0 aliphatic carbocycles. The van der Waals surface area contributed by atoms with E-state index in [-0.39, 0.29) is 10.4 Å². The fraction of sp³-hybridized carbons (Fsp3) is 0.400. The van der Waals surface area contributed by atoms with Gasteiger partial charge in [-0.05, 0) is 35.8 Å². The Kier molecular flexibility index (Phi) is 4.02. The van der Waals surface area contributed by atoms with Gasteiger partial charge in [0.05, 0.1) is 6.04 Å². The third-order valence-corrected chi connectivity index (χ3v) is 5.80. The van der Waals surface area contributed by atoms with Crippen molar-refractivity contribution in [3.05, 3.63) is 36.4 Å². The van der Waals surface area contributed by atoms with E-state index in [9.17, 15) is 8.42 Å². The van der Waals surface area contributed by atoms with Crippen molar-refractivity contribution >= 4 is 21.1 Å². The number of aryl methyl sites for hydroxylation is 1. The number of benzene rings is 1. The first kappa shape index (κ1) is 16.2. The number of sulfonamides is 1. The minimum atomic E-state index is -3.81. The van der Waals surface area contributed by atoms with E-state index in [2.05, 4.69) is 24.6 Å². The molecule has 1 N–H and O–H groups in total. The molecule has 0 amide bonds. The summed E-state index contributed by atoms with van der Waals surface area (Å²) in [5.74, 6) is 0.717. The Morgan fingerprint density at radius 2 is 2.24 bits per heavy atom. The van der Waals surface area contributed by atoms with Crippen LogP contribution in [0.1, 0.15) is 25.3 Å². The normalized spacial score (nSPS) is 21.2. The molecule has 10 heteroatoms. The lowest BCUT2D eigenvalue weighted by Gasteiger charge is -2.20. The number of imidazole rings is 1. The summed E-state index contributed by atoms with van der Waals surface area (Å²) in [6.45, 7) is 3.19. The van der Waals surface area contributed by atoms with E-state index in [1.807, 2.05) is 17.7 Å². The molecule has 1 saturated heterocycles. The number of nitrogens with one attached hydrogen (secondary N) is 1. The lowest BCUT2D eigenvalue weighted by atomic mass is 10.1. The molecule has 1 aliphatic heterocycles. The number of hydrogen-bond donors (Lipinski definition) is 1. The second-order valence-electron chi connectivity index (χ2n) is 5.77. The molecule has 0 saturated carbocycles. The van der Waals surface area contributed by atoms with E-state index < -0.39 is 22.2 Å². The smallest absolute Gasteiger partial charge is 0.243 e. The number of ether oxygens (including phenoxy) is 1. The Labute approximate surface area is 144 Å². The van der Waals surface area contributed by atoms with Crippen LogP contribution in [0, 0.1) is 0 Å². The SMILES string of the molecule is CCn1ccnc1[C@@H]1OCC[C@H]1NS(=O)(=O)c1cccc2nonc12. The second-order valence-corrected chi connectivity index (χ2v) is 7.45. The van der Waals surface area contributed by atoms with Gasteiger partial charge in [0.25, 0.3) is 0 Å². The number of hydrogen-bond acceptors (Lipinski definition) is 7. The van der Waals surface area contributed by atoms with Crippen molar-refractivity contribution in [3.8, 4) is 0 Å². The van der Waals surface area contributed by atoms with E-state index in [0.717, 1.165) is 6.54 Å². The van der Waals surface area contributed by atoms with Gasteiger partial charge in [-0.1, -0.05) is 6.07 Å². The first-order valence-electron chi connectivity index (χ1n) is 7.96. The predicted molar refractivity (Wildman–Crippen MR) is 87.1 cm³/mol. The van der Waals surface area contributed by atoms with E-state index in [1.54, 1.807) is 18.3 Å². The average molecular weight is 363 g/mol. The van der Waals surface area contributed by atoms with Gasteiger partial charge >= 0.3 is 0 Å². The van der Waals surface area contributed by atoms with Crippen molar-refractivity contribution in [2.45, 2.75) is 36.9 Å². The molecule has 9 nitrogen and oxygen atoms in total. The minimum absolute atomic E-state index is 0.0377. The summed E-state index contributed by atoms with van der Waals surface area (Å²) in [6.07, 6.45) is 3.67. The molecule has 132 valence electrons. The zero-order valence-corrected chi connectivity index (χ0v) is 14.3. The van der Waals surface area contributed by atoms with Crippen LogP contribution in [0.5, 0.6) is 0 Å². The van der Waals surface area contributed by atoms with E-state index in [4.69, 9.17) is 4.74 Å². The van der Waals surface area contributed by atoms with E-state index in [0.29, 0.717) is 24.4 Å². The van der Waals surface area contributed by atoms with Crippen LogP contribution in [-0.4, -0.2) is 40.9 Å². The molecule has 2 aromatic heterocycles. The molecule has 1 aromatic carbocycles. The zero-order valence-electron chi connectivity index (χ0n) is 13.5. The number of nitrogens with zero attached hydrogens (tertiary/aromatic N) is 4. The first-order chi connectivity index (χ1) is 12.1. The maximum atomic E-state index is 12.9. The van der Waals surface area contributed by atoms with Gasteiger partial charge in [-0.15, -0.1) is 0 Å². The van der Waals surface area contributed by atoms with Gasteiger partial charge in [0.15, 0.2) is 5.52 Å². The van der Waals surface area contributed by atoms with Crippen molar-refractivity contribution in [1.82, 2.24) is 24.6 Å². The molecular formula is C15H17N5O4S.